The molecule has 0 aliphatic carbocycles. The van der Waals surface area contributed by atoms with Crippen molar-refractivity contribution < 1.29 is 18.0 Å². The lowest BCUT2D eigenvalue weighted by molar-refractivity contribution is -0.142. The summed E-state index contributed by atoms with van der Waals surface area (Å²) >= 11 is 5.89. The third kappa shape index (κ3) is 4.59. The molecule has 2 N–H and O–H groups in total. The van der Waals surface area contributed by atoms with Gasteiger partial charge >= 0.3 is 6.18 Å². The molecule has 0 saturated carbocycles. The summed E-state index contributed by atoms with van der Waals surface area (Å²) in [4.78, 5) is 20.2. The molecule has 0 unspecified atom stereocenters. The van der Waals surface area contributed by atoms with E-state index in [1.807, 2.05) is 25.3 Å². The first kappa shape index (κ1) is 22.9. The molecule has 10 heteroatoms. The monoisotopic (exact) mass is 497 g/mol. The molecule has 0 aliphatic heterocycles. The smallest absolute Gasteiger partial charge is 0.361 e. The highest BCUT2D eigenvalue weighted by Gasteiger charge is 2.35. The molecule has 0 atom stereocenters. The van der Waals surface area contributed by atoms with Crippen LogP contribution >= 0.6 is 11.6 Å². The zero-order chi connectivity index (χ0) is 24.7. The molecule has 0 saturated heterocycles. The highest BCUT2D eigenvalue weighted by molar-refractivity contribution is 6.30. The van der Waals surface area contributed by atoms with Crippen molar-refractivity contribution in [1.29, 1.82) is 0 Å². The molecule has 3 heterocycles. The first-order valence-corrected chi connectivity index (χ1v) is 11.2. The van der Waals surface area contributed by atoms with E-state index >= 15 is 0 Å². The van der Waals surface area contributed by atoms with Crippen molar-refractivity contribution in [1.82, 2.24) is 24.9 Å². The summed E-state index contributed by atoms with van der Waals surface area (Å²) in [6, 6.07) is 14.5. The number of H-pyrrole nitrogens is 1. The number of alkyl halides is 3. The summed E-state index contributed by atoms with van der Waals surface area (Å²) in [6.45, 7) is 2.30. The third-order valence-electron chi connectivity index (χ3n) is 5.69. The van der Waals surface area contributed by atoms with Gasteiger partial charge in [-0.1, -0.05) is 35.4 Å². The Kier molecular flexibility index (Phi) is 5.72. The third-order valence-corrected chi connectivity index (χ3v) is 5.95. The Morgan fingerprint density at radius 2 is 1.89 bits per heavy atom. The minimum Gasteiger partial charge on any atom is -0.361 e. The molecule has 0 radical (unpaired) electrons. The highest BCUT2D eigenvalue weighted by atomic mass is 35.5. The molecular weight excluding hydrogens is 479 g/mol. The van der Waals surface area contributed by atoms with Crippen LogP contribution in [0.2, 0.25) is 5.02 Å². The zero-order valence-electron chi connectivity index (χ0n) is 18.4. The van der Waals surface area contributed by atoms with Gasteiger partial charge in [0.25, 0.3) is 5.91 Å². The molecule has 0 fully saturated rings. The van der Waals surface area contributed by atoms with Crippen molar-refractivity contribution in [2.24, 2.45) is 0 Å². The molecule has 35 heavy (non-hydrogen) atoms. The van der Waals surface area contributed by atoms with E-state index in [1.54, 1.807) is 24.3 Å². The Balaban J connectivity index is 1.40. The number of halogens is 4. The largest absolute Gasteiger partial charge is 0.433 e. The van der Waals surface area contributed by atoms with Gasteiger partial charge in [-0.2, -0.15) is 18.3 Å². The minimum absolute atomic E-state index is 0.0815. The topological polar surface area (TPSA) is 75.1 Å². The second-order valence-corrected chi connectivity index (χ2v) is 8.64. The summed E-state index contributed by atoms with van der Waals surface area (Å²) in [7, 11) is 0. The zero-order valence-corrected chi connectivity index (χ0v) is 19.2. The minimum atomic E-state index is -4.70. The first-order chi connectivity index (χ1) is 16.7. The molecule has 1 amide bonds. The number of hydrogen-bond acceptors (Lipinski definition) is 3. The molecule has 0 bridgehead atoms. The number of aromatic nitrogens is 4. The van der Waals surface area contributed by atoms with Gasteiger partial charge in [0.2, 0.25) is 0 Å². The van der Waals surface area contributed by atoms with Crippen LogP contribution in [-0.4, -0.2) is 32.0 Å². The van der Waals surface area contributed by atoms with Crippen molar-refractivity contribution >= 4 is 34.1 Å². The van der Waals surface area contributed by atoms with Gasteiger partial charge in [-0.25, -0.2) is 9.50 Å². The van der Waals surface area contributed by atoms with Gasteiger partial charge in [-0.05, 0) is 49.2 Å². The predicted molar refractivity (Wildman–Crippen MR) is 128 cm³/mol. The van der Waals surface area contributed by atoms with E-state index < -0.39 is 17.8 Å². The van der Waals surface area contributed by atoms with Gasteiger partial charge in [-0.15, -0.1) is 0 Å². The van der Waals surface area contributed by atoms with Crippen LogP contribution < -0.4 is 5.32 Å². The quantitative estimate of drug-likeness (QED) is 0.321. The number of carbonyl (C=O) groups excluding carboxylic acids is 1. The highest BCUT2D eigenvalue weighted by Crippen LogP contribution is 2.32. The number of carbonyl (C=O) groups is 1. The fraction of sp³-hybridized carbons (Fsp3) is 0.160. The lowest BCUT2D eigenvalue weighted by Gasteiger charge is -2.11. The second kappa shape index (κ2) is 8.74. The average Bonchev–Trinajstić information content (AvgIpc) is 3.42. The van der Waals surface area contributed by atoms with Crippen LogP contribution in [0.15, 0.2) is 60.8 Å². The number of nitrogens with one attached hydrogen (secondary N) is 2. The predicted octanol–water partition coefficient (Wildman–Crippen LogP) is 5.83. The first-order valence-electron chi connectivity index (χ1n) is 10.8. The molecular formula is C25H19ClF3N5O. The number of aromatic amines is 1. The fourth-order valence-corrected chi connectivity index (χ4v) is 4.08. The summed E-state index contributed by atoms with van der Waals surface area (Å²) in [5.74, 6) is -0.576. The normalized spacial score (nSPS) is 11.9. The fourth-order valence-electron chi connectivity index (χ4n) is 3.96. The number of rotatable bonds is 5. The van der Waals surface area contributed by atoms with E-state index in [2.05, 4.69) is 26.4 Å². The van der Waals surface area contributed by atoms with Gasteiger partial charge in [0.15, 0.2) is 17.0 Å². The SMILES string of the molecule is Cc1ccc2[nH]cc(CCNC(=O)c3cc4nc(-c5ccc(Cl)cc5)cc(C(F)(F)F)n4n3)c2c1. The van der Waals surface area contributed by atoms with Gasteiger partial charge in [0, 0.05) is 40.3 Å². The van der Waals surface area contributed by atoms with E-state index in [0.717, 1.165) is 28.1 Å². The summed E-state index contributed by atoms with van der Waals surface area (Å²) in [5.41, 5.74) is 2.46. The van der Waals surface area contributed by atoms with Crippen LogP contribution in [-0.2, 0) is 12.6 Å². The van der Waals surface area contributed by atoms with Crippen molar-refractivity contribution in [2.45, 2.75) is 19.5 Å². The molecule has 5 rings (SSSR count). The number of amides is 1. The van der Waals surface area contributed by atoms with Gasteiger partial charge in [0.1, 0.15) is 0 Å². The average molecular weight is 498 g/mol. The van der Waals surface area contributed by atoms with Crippen LogP contribution in [0.1, 0.15) is 27.3 Å². The van der Waals surface area contributed by atoms with Crippen LogP contribution in [0.5, 0.6) is 0 Å². The van der Waals surface area contributed by atoms with E-state index in [9.17, 15) is 18.0 Å². The van der Waals surface area contributed by atoms with Crippen LogP contribution in [0.4, 0.5) is 13.2 Å². The van der Waals surface area contributed by atoms with Crippen LogP contribution in [0, 0.1) is 6.92 Å². The van der Waals surface area contributed by atoms with Crippen LogP contribution in [0.25, 0.3) is 27.8 Å². The summed E-state index contributed by atoms with van der Waals surface area (Å²) in [6.07, 6.45) is -2.26. The Labute approximate surface area is 202 Å². The molecule has 6 nitrogen and oxygen atoms in total. The van der Waals surface area contributed by atoms with E-state index in [0.29, 0.717) is 28.1 Å². The number of fused-ring (bicyclic) bond motifs is 2. The Hall–Kier alpha value is -3.85. The molecule has 5 aromatic rings. The number of hydrogen-bond donors (Lipinski definition) is 2. The summed E-state index contributed by atoms with van der Waals surface area (Å²) < 4.78 is 42.0. The second-order valence-electron chi connectivity index (χ2n) is 8.20. The molecule has 0 spiro atoms. The molecule has 0 aliphatic rings. The van der Waals surface area contributed by atoms with Crippen LogP contribution in [0.3, 0.4) is 0 Å². The lowest BCUT2D eigenvalue weighted by atomic mass is 10.1. The lowest BCUT2D eigenvalue weighted by Crippen LogP contribution is -2.26. The Morgan fingerprint density at radius 1 is 1.11 bits per heavy atom. The van der Waals surface area contributed by atoms with E-state index in [-0.39, 0.29) is 17.0 Å². The van der Waals surface area contributed by atoms with Crippen molar-refractivity contribution in [3.05, 3.63) is 88.3 Å². The van der Waals surface area contributed by atoms with Gasteiger partial charge in [0.05, 0.1) is 5.69 Å². The maximum Gasteiger partial charge on any atom is 0.433 e. The van der Waals surface area contributed by atoms with Gasteiger partial charge in [-0.3, -0.25) is 4.79 Å². The molecule has 178 valence electrons. The number of nitrogens with zero attached hydrogens (tertiary/aromatic N) is 3. The molecule has 2 aromatic carbocycles. The maximum atomic E-state index is 13.8. The van der Waals surface area contributed by atoms with E-state index in [1.165, 1.54) is 6.07 Å². The standard InChI is InChI=1S/C25H19ClF3N5O/c1-14-2-7-19-18(10-14)16(13-31-19)8-9-30-24(35)21-12-23-32-20(15-3-5-17(26)6-4-15)11-22(25(27,28)29)34(23)33-21/h2-7,10-13,31H,8-9H2,1H3,(H,30,35). The Morgan fingerprint density at radius 3 is 2.63 bits per heavy atom. The van der Waals surface area contributed by atoms with E-state index in [4.69, 9.17) is 11.6 Å². The maximum absolute atomic E-state index is 13.8. The van der Waals surface area contributed by atoms with Crippen molar-refractivity contribution in [2.75, 3.05) is 6.54 Å². The van der Waals surface area contributed by atoms with Crippen molar-refractivity contribution in [3.63, 3.8) is 0 Å². The van der Waals surface area contributed by atoms with Gasteiger partial charge < -0.3 is 10.3 Å². The number of benzene rings is 2. The molecule has 3 aromatic heterocycles. The summed E-state index contributed by atoms with van der Waals surface area (Å²) in [5, 5.41) is 8.16. The number of aryl methyl sites for hydroxylation is 1. The Bertz CT molecular complexity index is 1550. The van der Waals surface area contributed by atoms with Crippen molar-refractivity contribution in [3.8, 4) is 11.3 Å².